The number of rotatable bonds is 5. The topological polar surface area (TPSA) is 8.17 Å². The summed E-state index contributed by atoms with van der Waals surface area (Å²) in [7, 11) is 0. The lowest BCUT2D eigenvalue weighted by Gasteiger charge is -2.29. The molecular formula is C54H42N2. The molecule has 0 bridgehead atoms. The average molecular weight is 719 g/mol. The highest BCUT2D eigenvalue weighted by Crippen LogP contribution is 2.54. The Balaban J connectivity index is 1.01. The van der Waals surface area contributed by atoms with Gasteiger partial charge in [-0.3, -0.25) is 0 Å². The number of hydrogen-bond acceptors (Lipinski definition) is 1. The number of aromatic nitrogens is 1. The molecule has 2 heteroatoms. The smallest absolute Gasteiger partial charge is 0.0541 e. The molecule has 0 radical (unpaired) electrons. The highest BCUT2D eigenvalue weighted by atomic mass is 15.1. The minimum atomic E-state index is -0.199. The van der Waals surface area contributed by atoms with E-state index in [1.807, 2.05) is 0 Å². The van der Waals surface area contributed by atoms with Gasteiger partial charge in [-0.2, -0.15) is 0 Å². The van der Waals surface area contributed by atoms with Gasteiger partial charge in [0, 0.05) is 44.4 Å². The van der Waals surface area contributed by atoms with Crippen LogP contribution in [0.1, 0.15) is 49.9 Å². The molecule has 1 heterocycles. The van der Waals surface area contributed by atoms with Crippen LogP contribution in [0.2, 0.25) is 0 Å². The third kappa shape index (κ3) is 4.69. The monoisotopic (exact) mass is 718 g/mol. The molecule has 1 aromatic heterocycles. The summed E-state index contributed by atoms with van der Waals surface area (Å²) in [6.45, 7) is 9.54. The Morgan fingerprint density at radius 2 is 0.804 bits per heavy atom. The van der Waals surface area contributed by atoms with Crippen LogP contribution >= 0.6 is 0 Å². The first-order chi connectivity index (χ1) is 27.3. The number of anilines is 3. The molecule has 56 heavy (non-hydrogen) atoms. The highest BCUT2D eigenvalue weighted by Gasteiger charge is 2.38. The second-order valence-corrected chi connectivity index (χ2v) is 16.6. The molecule has 0 saturated carbocycles. The van der Waals surface area contributed by atoms with Gasteiger partial charge in [0.15, 0.2) is 0 Å². The van der Waals surface area contributed by atoms with Crippen LogP contribution in [0.4, 0.5) is 17.1 Å². The second-order valence-electron chi connectivity index (χ2n) is 16.6. The molecule has 0 atom stereocenters. The number of para-hydroxylation sites is 3. The van der Waals surface area contributed by atoms with E-state index >= 15 is 0 Å². The fourth-order valence-electron chi connectivity index (χ4n) is 9.89. The van der Waals surface area contributed by atoms with E-state index in [4.69, 9.17) is 0 Å². The summed E-state index contributed by atoms with van der Waals surface area (Å²) in [6, 6.07) is 67.4. The van der Waals surface area contributed by atoms with Crippen molar-refractivity contribution in [3.05, 3.63) is 204 Å². The zero-order valence-corrected chi connectivity index (χ0v) is 32.2. The van der Waals surface area contributed by atoms with Gasteiger partial charge in [0.1, 0.15) is 0 Å². The van der Waals surface area contributed by atoms with Crippen molar-refractivity contribution < 1.29 is 0 Å². The molecule has 9 aromatic rings. The third-order valence-electron chi connectivity index (χ3n) is 12.8. The van der Waals surface area contributed by atoms with E-state index in [0.717, 1.165) is 11.4 Å². The summed E-state index contributed by atoms with van der Waals surface area (Å²) in [4.78, 5) is 2.44. The van der Waals surface area contributed by atoms with Crippen molar-refractivity contribution in [1.82, 2.24) is 4.57 Å². The Morgan fingerprint density at radius 1 is 0.357 bits per heavy atom. The van der Waals surface area contributed by atoms with Gasteiger partial charge >= 0.3 is 0 Å². The maximum Gasteiger partial charge on any atom is 0.0541 e. The van der Waals surface area contributed by atoms with E-state index in [2.05, 4.69) is 219 Å². The lowest BCUT2D eigenvalue weighted by molar-refractivity contribution is 0.659. The normalized spacial score (nSPS) is 14.4. The van der Waals surface area contributed by atoms with Gasteiger partial charge in [-0.15, -0.1) is 0 Å². The molecule has 0 unspecified atom stereocenters. The van der Waals surface area contributed by atoms with E-state index in [9.17, 15) is 0 Å². The van der Waals surface area contributed by atoms with Crippen LogP contribution in [-0.2, 0) is 10.8 Å². The van der Waals surface area contributed by atoms with Gasteiger partial charge in [-0.05, 0) is 122 Å². The molecular weight excluding hydrogens is 677 g/mol. The van der Waals surface area contributed by atoms with Crippen LogP contribution in [0.3, 0.4) is 0 Å². The van der Waals surface area contributed by atoms with E-state index in [-0.39, 0.29) is 10.8 Å². The average Bonchev–Trinajstić information content (AvgIpc) is 3.78. The summed E-state index contributed by atoms with van der Waals surface area (Å²) >= 11 is 0. The molecule has 2 nitrogen and oxygen atoms in total. The van der Waals surface area contributed by atoms with Gasteiger partial charge in [0.2, 0.25) is 0 Å². The molecule has 0 fully saturated rings. The molecule has 0 spiro atoms. The number of benzene rings is 8. The van der Waals surface area contributed by atoms with Crippen molar-refractivity contribution in [2.45, 2.75) is 38.5 Å². The van der Waals surface area contributed by atoms with Crippen molar-refractivity contribution in [3.8, 4) is 39.1 Å². The van der Waals surface area contributed by atoms with Crippen molar-refractivity contribution in [2.24, 2.45) is 0 Å². The van der Waals surface area contributed by atoms with Gasteiger partial charge < -0.3 is 9.47 Å². The van der Waals surface area contributed by atoms with Crippen molar-refractivity contribution in [1.29, 1.82) is 0 Å². The van der Waals surface area contributed by atoms with Gasteiger partial charge in [-0.25, -0.2) is 0 Å². The van der Waals surface area contributed by atoms with Crippen LogP contribution in [0.15, 0.2) is 182 Å². The largest absolute Gasteiger partial charge is 0.310 e. The fourth-order valence-corrected chi connectivity index (χ4v) is 9.89. The summed E-state index contributed by atoms with van der Waals surface area (Å²) in [5.41, 5.74) is 20.1. The molecule has 2 aliphatic rings. The van der Waals surface area contributed by atoms with Crippen LogP contribution in [-0.4, -0.2) is 4.57 Å². The first-order valence-electron chi connectivity index (χ1n) is 19.8. The van der Waals surface area contributed by atoms with Crippen LogP contribution in [0.25, 0.3) is 60.9 Å². The predicted molar refractivity (Wildman–Crippen MR) is 236 cm³/mol. The maximum absolute atomic E-state index is 2.45. The SMILES string of the molecule is CC1(C)c2cc(-c3ccccc3)ccc2-c2ccc(N(c3ccccc3)c3ccc4c(c3)C(C)(C)c3cc(-n5c6ccccc6c6ccccc65)ccc3-4)cc21. The summed E-state index contributed by atoms with van der Waals surface area (Å²) < 4.78 is 2.43. The van der Waals surface area contributed by atoms with E-state index in [1.54, 1.807) is 0 Å². The van der Waals surface area contributed by atoms with Crippen molar-refractivity contribution in [2.75, 3.05) is 4.90 Å². The molecule has 0 N–H and O–H groups in total. The molecule has 0 aliphatic heterocycles. The Hall–Kier alpha value is -6.64. The van der Waals surface area contributed by atoms with Crippen molar-refractivity contribution in [3.63, 3.8) is 0 Å². The van der Waals surface area contributed by atoms with Crippen molar-refractivity contribution >= 4 is 38.9 Å². The molecule has 11 rings (SSSR count). The van der Waals surface area contributed by atoms with Gasteiger partial charge in [-0.1, -0.05) is 143 Å². The minimum absolute atomic E-state index is 0.149. The standard InChI is InChI=1S/C54H42N2/c1-53(2)47-31-36(35-15-7-5-8-16-35)23-27-41(47)42-28-24-38(32-48(42)53)55(37-17-9-6-10-18-37)39-25-29-43-44-30-26-40(34-50(44)54(3,4)49(43)33-39)56-51-21-13-11-19-45(51)46-20-12-14-22-52(46)56/h5-34H,1-4H3. The predicted octanol–water partition coefficient (Wildman–Crippen LogP) is 14.5. The Morgan fingerprint density at radius 3 is 1.38 bits per heavy atom. The van der Waals surface area contributed by atoms with Gasteiger partial charge in [0.05, 0.1) is 11.0 Å². The fraction of sp³-hybridized carbons (Fsp3) is 0.111. The zero-order chi connectivity index (χ0) is 37.8. The lowest BCUT2D eigenvalue weighted by Crippen LogP contribution is -2.18. The molecule has 8 aromatic carbocycles. The number of nitrogens with zero attached hydrogens (tertiary/aromatic N) is 2. The summed E-state index contributed by atoms with van der Waals surface area (Å²) in [5, 5.41) is 2.57. The molecule has 0 saturated heterocycles. The number of hydrogen-bond donors (Lipinski definition) is 0. The first kappa shape index (κ1) is 32.8. The summed E-state index contributed by atoms with van der Waals surface area (Å²) in [6.07, 6.45) is 0. The molecule has 0 amide bonds. The van der Waals surface area contributed by atoms with Gasteiger partial charge in [0.25, 0.3) is 0 Å². The second kappa shape index (κ2) is 11.9. The van der Waals surface area contributed by atoms with Crippen LogP contribution < -0.4 is 4.90 Å². The van der Waals surface area contributed by atoms with Crippen LogP contribution in [0, 0.1) is 0 Å². The molecule has 2 aliphatic carbocycles. The highest BCUT2D eigenvalue weighted by molar-refractivity contribution is 6.09. The lowest BCUT2D eigenvalue weighted by atomic mass is 9.81. The Bertz CT molecular complexity index is 2970. The zero-order valence-electron chi connectivity index (χ0n) is 32.2. The summed E-state index contributed by atoms with van der Waals surface area (Å²) in [5.74, 6) is 0. The maximum atomic E-state index is 2.45. The molecule has 268 valence electrons. The minimum Gasteiger partial charge on any atom is -0.310 e. The first-order valence-corrected chi connectivity index (χ1v) is 19.8. The Labute approximate surface area is 328 Å². The number of fused-ring (bicyclic) bond motifs is 9. The Kier molecular flexibility index (Phi) is 6.98. The third-order valence-corrected chi connectivity index (χ3v) is 12.8. The van der Waals surface area contributed by atoms with E-state index < -0.39 is 0 Å². The van der Waals surface area contributed by atoms with Crippen LogP contribution in [0.5, 0.6) is 0 Å². The van der Waals surface area contributed by atoms with E-state index in [1.165, 1.54) is 88.8 Å². The van der Waals surface area contributed by atoms with E-state index in [0.29, 0.717) is 0 Å². The quantitative estimate of drug-likeness (QED) is 0.172.